The average molecular weight is 376 g/mol. The summed E-state index contributed by atoms with van der Waals surface area (Å²) < 4.78 is 31.7. The van der Waals surface area contributed by atoms with Gasteiger partial charge in [-0.2, -0.15) is 4.31 Å². The maximum Gasteiger partial charge on any atom is 0.243 e. The second-order valence-corrected chi connectivity index (χ2v) is 7.74. The van der Waals surface area contributed by atoms with Gasteiger partial charge < -0.3 is 10.1 Å². The van der Waals surface area contributed by atoms with Gasteiger partial charge in [-0.25, -0.2) is 8.42 Å². The third kappa shape index (κ3) is 4.83. The van der Waals surface area contributed by atoms with Crippen molar-refractivity contribution in [3.8, 4) is 5.75 Å². The van der Waals surface area contributed by atoms with E-state index < -0.39 is 10.0 Å². The van der Waals surface area contributed by atoms with Crippen LogP contribution in [0.5, 0.6) is 5.75 Å². The number of benzene rings is 2. The van der Waals surface area contributed by atoms with Crippen LogP contribution in [0.25, 0.3) is 0 Å². The summed E-state index contributed by atoms with van der Waals surface area (Å²) in [4.78, 5) is 12.5. The maximum absolute atomic E-state index is 12.8. The molecule has 140 valence electrons. The molecule has 26 heavy (non-hydrogen) atoms. The Morgan fingerprint density at radius 2 is 1.73 bits per heavy atom. The molecule has 0 bridgehead atoms. The van der Waals surface area contributed by atoms with Crippen LogP contribution in [0.3, 0.4) is 0 Å². The molecule has 0 fully saturated rings. The lowest BCUT2D eigenvalue weighted by Crippen LogP contribution is -2.41. The molecule has 2 aromatic carbocycles. The molecule has 0 unspecified atom stereocenters. The third-order valence-corrected chi connectivity index (χ3v) is 5.98. The predicted molar refractivity (Wildman–Crippen MR) is 100 cm³/mol. The summed E-state index contributed by atoms with van der Waals surface area (Å²) in [6.07, 6.45) is 0. The summed E-state index contributed by atoms with van der Waals surface area (Å²) in [6.45, 7) is 3.53. The summed E-state index contributed by atoms with van der Waals surface area (Å²) in [5.74, 6) is 0.224. The summed E-state index contributed by atoms with van der Waals surface area (Å²) in [5, 5.41) is 2.84. The minimum Gasteiger partial charge on any atom is -0.497 e. The number of methoxy groups -OCH3 is 1. The average Bonchev–Trinajstić information content (AvgIpc) is 2.66. The SMILES string of the molecule is CCN(CC(=O)N[C@@H](C)c1ccccc1)S(=O)(=O)c1ccc(OC)cc1. The molecule has 0 aliphatic carbocycles. The Hall–Kier alpha value is -2.38. The molecular weight excluding hydrogens is 352 g/mol. The molecule has 7 heteroatoms. The molecule has 0 aromatic heterocycles. The fraction of sp³-hybridized carbons (Fsp3) is 0.316. The van der Waals surface area contributed by atoms with Gasteiger partial charge in [-0.05, 0) is 36.8 Å². The Kier molecular flexibility index (Phi) is 6.76. The molecule has 2 aromatic rings. The van der Waals surface area contributed by atoms with Crippen LogP contribution in [0, 0.1) is 0 Å². The summed E-state index contributed by atoms with van der Waals surface area (Å²) in [5.41, 5.74) is 0.960. The van der Waals surface area contributed by atoms with Crippen molar-refractivity contribution >= 4 is 15.9 Å². The number of nitrogens with zero attached hydrogens (tertiary/aromatic N) is 1. The van der Waals surface area contributed by atoms with Crippen molar-refractivity contribution in [2.75, 3.05) is 20.2 Å². The van der Waals surface area contributed by atoms with E-state index in [9.17, 15) is 13.2 Å². The van der Waals surface area contributed by atoms with Gasteiger partial charge in [0, 0.05) is 6.54 Å². The highest BCUT2D eigenvalue weighted by Gasteiger charge is 2.25. The lowest BCUT2D eigenvalue weighted by molar-refractivity contribution is -0.121. The van der Waals surface area contributed by atoms with Crippen molar-refractivity contribution in [1.82, 2.24) is 9.62 Å². The van der Waals surface area contributed by atoms with Gasteiger partial charge >= 0.3 is 0 Å². The lowest BCUT2D eigenvalue weighted by Gasteiger charge is -2.22. The van der Waals surface area contributed by atoms with Crippen LogP contribution in [-0.4, -0.2) is 38.8 Å². The van der Waals surface area contributed by atoms with Crippen LogP contribution in [-0.2, 0) is 14.8 Å². The first-order valence-electron chi connectivity index (χ1n) is 8.37. The van der Waals surface area contributed by atoms with E-state index in [0.717, 1.165) is 9.87 Å². The Balaban J connectivity index is 2.08. The number of nitrogens with one attached hydrogen (secondary N) is 1. The normalized spacial score (nSPS) is 12.6. The van der Waals surface area contributed by atoms with Gasteiger partial charge in [-0.1, -0.05) is 37.3 Å². The first-order valence-corrected chi connectivity index (χ1v) is 9.81. The molecular formula is C19H24N2O4S. The molecule has 0 saturated carbocycles. The van der Waals surface area contributed by atoms with Gasteiger partial charge in [0.2, 0.25) is 15.9 Å². The molecule has 0 spiro atoms. The van der Waals surface area contributed by atoms with Gasteiger partial charge in [0.15, 0.2) is 0 Å². The Morgan fingerprint density at radius 1 is 1.12 bits per heavy atom. The van der Waals surface area contributed by atoms with E-state index >= 15 is 0 Å². The largest absolute Gasteiger partial charge is 0.497 e. The number of likely N-dealkylation sites (N-methyl/N-ethyl adjacent to an activating group) is 1. The summed E-state index contributed by atoms with van der Waals surface area (Å²) >= 11 is 0. The topological polar surface area (TPSA) is 75.7 Å². The van der Waals surface area contributed by atoms with E-state index in [0.29, 0.717) is 5.75 Å². The smallest absolute Gasteiger partial charge is 0.243 e. The minimum atomic E-state index is -3.75. The van der Waals surface area contributed by atoms with Gasteiger partial charge in [-0.3, -0.25) is 4.79 Å². The fourth-order valence-electron chi connectivity index (χ4n) is 2.54. The third-order valence-electron chi connectivity index (χ3n) is 4.05. The van der Waals surface area contributed by atoms with Crippen molar-refractivity contribution < 1.29 is 17.9 Å². The van der Waals surface area contributed by atoms with Crippen LogP contribution >= 0.6 is 0 Å². The van der Waals surface area contributed by atoms with Crippen LogP contribution < -0.4 is 10.1 Å². The molecule has 0 radical (unpaired) electrons. The predicted octanol–water partition coefficient (Wildman–Crippen LogP) is 2.58. The first-order chi connectivity index (χ1) is 12.4. The summed E-state index contributed by atoms with van der Waals surface area (Å²) in [6, 6.07) is 15.4. The van der Waals surface area contributed by atoms with Crippen molar-refractivity contribution in [2.24, 2.45) is 0 Å². The number of amides is 1. The minimum absolute atomic E-state index is 0.129. The second kappa shape index (κ2) is 8.82. The highest BCUT2D eigenvalue weighted by molar-refractivity contribution is 7.89. The summed E-state index contributed by atoms with van der Waals surface area (Å²) in [7, 11) is -2.24. The maximum atomic E-state index is 12.8. The van der Waals surface area contributed by atoms with Gasteiger partial charge in [0.05, 0.1) is 24.6 Å². The molecule has 2 rings (SSSR count). The van der Waals surface area contributed by atoms with E-state index in [1.165, 1.54) is 19.2 Å². The van der Waals surface area contributed by atoms with Gasteiger partial charge in [0.1, 0.15) is 5.75 Å². The molecule has 0 heterocycles. The quantitative estimate of drug-likeness (QED) is 0.768. The van der Waals surface area contributed by atoms with Crippen molar-refractivity contribution in [3.63, 3.8) is 0 Å². The number of carbonyl (C=O) groups is 1. The molecule has 0 saturated heterocycles. The Labute approximate surface area is 154 Å². The molecule has 1 N–H and O–H groups in total. The van der Waals surface area contributed by atoms with Gasteiger partial charge in [0.25, 0.3) is 0 Å². The molecule has 0 aliphatic heterocycles. The van der Waals surface area contributed by atoms with E-state index in [1.54, 1.807) is 19.1 Å². The van der Waals surface area contributed by atoms with E-state index in [-0.39, 0.29) is 29.9 Å². The number of rotatable bonds is 8. The van der Waals surface area contributed by atoms with E-state index in [4.69, 9.17) is 4.74 Å². The molecule has 0 aliphatic rings. The monoisotopic (exact) mass is 376 g/mol. The molecule has 1 amide bonds. The number of ether oxygens (including phenoxy) is 1. The van der Waals surface area contributed by atoms with Crippen molar-refractivity contribution in [3.05, 3.63) is 60.2 Å². The highest BCUT2D eigenvalue weighted by Crippen LogP contribution is 2.19. The van der Waals surface area contributed by atoms with Crippen molar-refractivity contribution in [2.45, 2.75) is 24.8 Å². The number of sulfonamides is 1. The van der Waals surface area contributed by atoms with E-state index in [1.807, 2.05) is 37.3 Å². The first kappa shape index (κ1) is 19.9. The molecule has 6 nitrogen and oxygen atoms in total. The van der Waals surface area contributed by atoms with Crippen molar-refractivity contribution in [1.29, 1.82) is 0 Å². The molecule has 1 atom stereocenters. The number of carbonyl (C=O) groups excluding carboxylic acids is 1. The highest BCUT2D eigenvalue weighted by atomic mass is 32.2. The zero-order chi connectivity index (χ0) is 19.2. The van der Waals surface area contributed by atoms with Crippen LogP contribution in [0.1, 0.15) is 25.5 Å². The van der Waals surface area contributed by atoms with E-state index in [2.05, 4.69) is 5.32 Å². The standard InChI is InChI=1S/C19H24N2O4S/c1-4-21(26(23,24)18-12-10-17(25-3)11-13-18)14-19(22)20-15(2)16-8-6-5-7-9-16/h5-13,15H,4,14H2,1-3H3,(H,20,22)/t15-/m0/s1. The number of hydrogen-bond donors (Lipinski definition) is 1. The number of hydrogen-bond acceptors (Lipinski definition) is 4. The van der Waals surface area contributed by atoms with Crippen LogP contribution in [0.15, 0.2) is 59.5 Å². The van der Waals surface area contributed by atoms with Gasteiger partial charge in [-0.15, -0.1) is 0 Å². The lowest BCUT2D eigenvalue weighted by atomic mass is 10.1. The Morgan fingerprint density at radius 3 is 2.27 bits per heavy atom. The fourth-order valence-corrected chi connectivity index (χ4v) is 3.94. The van der Waals surface area contributed by atoms with Crippen LogP contribution in [0.2, 0.25) is 0 Å². The Bertz CT molecular complexity index is 820. The zero-order valence-corrected chi connectivity index (χ0v) is 16.0. The second-order valence-electron chi connectivity index (χ2n) is 5.81. The van der Waals surface area contributed by atoms with Crippen LogP contribution in [0.4, 0.5) is 0 Å². The zero-order valence-electron chi connectivity index (χ0n) is 15.2.